The first kappa shape index (κ1) is 15.0. The Bertz CT molecular complexity index is 543. The molecule has 0 bridgehead atoms. The molecule has 0 aromatic carbocycles. The Balaban J connectivity index is 2.22. The number of aromatic nitrogens is 2. The van der Waals surface area contributed by atoms with Gasteiger partial charge in [-0.3, -0.25) is 0 Å². The van der Waals surface area contributed by atoms with Gasteiger partial charge in [-0.2, -0.15) is 4.98 Å². The van der Waals surface area contributed by atoms with Crippen molar-refractivity contribution < 1.29 is 4.74 Å². The number of hydrogen-bond acceptors (Lipinski definition) is 6. The summed E-state index contributed by atoms with van der Waals surface area (Å²) in [6.45, 7) is 7.30. The zero-order chi connectivity index (χ0) is 14.4. The molecule has 2 aromatic heterocycles. The van der Waals surface area contributed by atoms with Crippen molar-refractivity contribution in [2.45, 2.75) is 20.3 Å². The van der Waals surface area contributed by atoms with Crippen LogP contribution < -0.4 is 10.2 Å². The van der Waals surface area contributed by atoms with Crippen molar-refractivity contribution in [2.75, 3.05) is 43.6 Å². The average Bonchev–Trinajstić information content (AvgIpc) is 2.92. The maximum absolute atomic E-state index is 5.42. The molecular weight excluding hydrogens is 272 g/mol. The Hall–Kier alpha value is -1.40. The van der Waals surface area contributed by atoms with Gasteiger partial charge in [0.05, 0.1) is 12.0 Å². The number of ether oxygens (including phenoxy) is 1. The van der Waals surface area contributed by atoms with E-state index >= 15 is 0 Å². The summed E-state index contributed by atoms with van der Waals surface area (Å²) in [5.74, 6) is 1.68. The van der Waals surface area contributed by atoms with Crippen LogP contribution in [0.25, 0.3) is 10.2 Å². The van der Waals surface area contributed by atoms with Gasteiger partial charge in [-0.15, -0.1) is 11.3 Å². The predicted molar refractivity (Wildman–Crippen MR) is 86.0 cm³/mol. The largest absolute Gasteiger partial charge is 0.380 e. The molecule has 0 unspecified atom stereocenters. The van der Waals surface area contributed by atoms with E-state index in [9.17, 15) is 0 Å². The van der Waals surface area contributed by atoms with E-state index in [1.807, 2.05) is 14.0 Å². The number of hydrogen-bond donors (Lipinski definition) is 1. The summed E-state index contributed by atoms with van der Waals surface area (Å²) >= 11 is 1.65. The van der Waals surface area contributed by atoms with Crippen LogP contribution in [0, 0.1) is 0 Å². The molecule has 2 rings (SSSR count). The van der Waals surface area contributed by atoms with Gasteiger partial charge in [0.2, 0.25) is 5.95 Å². The first-order chi connectivity index (χ1) is 9.76. The predicted octanol–water partition coefficient (Wildman–Crippen LogP) is 2.99. The van der Waals surface area contributed by atoms with Crippen LogP contribution in [0.1, 0.15) is 20.3 Å². The van der Waals surface area contributed by atoms with E-state index < -0.39 is 0 Å². The summed E-state index contributed by atoms with van der Waals surface area (Å²) in [5.41, 5.74) is 0. The molecule has 0 atom stereocenters. The maximum atomic E-state index is 5.42. The molecule has 0 fully saturated rings. The Morgan fingerprint density at radius 3 is 2.95 bits per heavy atom. The molecular formula is C14H22N4OS. The van der Waals surface area contributed by atoms with E-state index in [1.54, 1.807) is 11.3 Å². The lowest BCUT2D eigenvalue weighted by Gasteiger charge is -2.19. The second-order valence-electron chi connectivity index (χ2n) is 4.56. The van der Waals surface area contributed by atoms with Crippen molar-refractivity contribution in [3.63, 3.8) is 0 Å². The SMILES string of the molecule is CCCNc1nc(N(C)CCOCC)c2ccsc2n1. The Labute approximate surface area is 124 Å². The Morgan fingerprint density at radius 2 is 2.20 bits per heavy atom. The van der Waals surface area contributed by atoms with Gasteiger partial charge < -0.3 is 15.0 Å². The highest BCUT2D eigenvalue weighted by Gasteiger charge is 2.12. The number of nitrogens with one attached hydrogen (secondary N) is 1. The lowest BCUT2D eigenvalue weighted by atomic mass is 10.3. The molecule has 0 saturated carbocycles. The molecule has 0 aliphatic heterocycles. The summed E-state index contributed by atoms with van der Waals surface area (Å²) < 4.78 is 5.42. The molecule has 2 heterocycles. The number of fused-ring (bicyclic) bond motifs is 1. The summed E-state index contributed by atoms with van der Waals surface area (Å²) in [6, 6.07) is 2.08. The standard InChI is InChI=1S/C14H22N4OS/c1-4-7-15-14-16-12(18(3)8-9-19-5-2)11-6-10-20-13(11)17-14/h6,10H,4-5,7-9H2,1-3H3,(H,15,16,17). The maximum Gasteiger partial charge on any atom is 0.226 e. The highest BCUT2D eigenvalue weighted by atomic mass is 32.1. The summed E-state index contributed by atoms with van der Waals surface area (Å²) in [6.07, 6.45) is 1.06. The van der Waals surface area contributed by atoms with E-state index in [4.69, 9.17) is 4.74 Å². The van der Waals surface area contributed by atoms with Crippen molar-refractivity contribution in [1.82, 2.24) is 9.97 Å². The van der Waals surface area contributed by atoms with Crippen LogP contribution >= 0.6 is 11.3 Å². The van der Waals surface area contributed by atoms with Gasteiger partial charge in [-0.25, -0.2) is 4.98 Å². The molecule has 5 nitrogen and oxygen atoms in total. The minimum Gasteiger partial charge on any atom is -0.380 e. The monoisotopic (exact) mass is 294 g/mol. The highest BCUT2D eigenvalue weighted by Crippen LogP contribution is 2.28. The number of nitrogens with zero attached hydrogens (tertiary/aromatic N) is 3. The fraction of sp³-hybridized carbons (Fsp3) is 0.571. The van der Waals surface area contributed by atoms with Crippen LogP contribution in [0.4, 0.5) is 11.8 Å². The fourth-order valence-corrected chi connectivity index (χ4v) is 2.66. The lowest BCUT2D eigenvalue weighted by Crippen LogP contribution is -2.24. The smallest absolute Gasteiger partial charge is 0.226 e. The number of anilines is 2. The third-order valence-electron chi connectivity index (χ3n) is 2.97. The highest BCUT2D eigenvalue weighted by molar-refractivity contribution is 7.16. The van der Waals surface area contributed by atoms with Gasteiger partial charge in [0.15, 0.2) is 0 Å². The van der Waals surface area contributed by atoms with E-state index in [0.717, 1.165) is 42.2 Å². The second-order valence-corrected chi connectivity index (χ2v) is 5.45. The Kier molecular flexibility index (Phi) is 5.55. The molecule has 0 amide bonds. The minimum atomic E-state index is 0.708. The van der Waals surface area contributed by atoms with Gasteiger partial charge in [0.1, 0.15) is 10.6 Å². The summed E-state index contributed by atoms with van der Waals surface area (Å²) in [4.78, 5) is 12.3. The van der Waals surface area contributed by atoms with Crippen molar-refractivity contribution in [3.05, 3.63) is 11.4 Å². The van der Waals surface area contributed by atoms with Gasteiger partial charge in [-0.05, 0) is 24.8 Å². The normalized spacial score (nSPS) is 10.9. The van der Waals surface area contributed by atoms with E-state index in [1.165, 1.54) is 0 Å². The van der Waals surface area contributed by atoms with Gasteiger partial charge in [0, 0.05) is 26.7 Å². The van der Waals surface area contributed by atoms with Gasteiger partial charge in [0.25, 0.3) is 0 Å². The molecule has 110 valence electrons. The number of likely N-dealkylation sites (N-methyl/N-ethyl adjacent to an activating group) is 1. The first-order valence-electron chi connectivity index (χ1n) is 7.04. The van der Waals surface area contributed by atoms with E-state index in [-0.39, 0.29) is 0 Å². The van der Waals surface area contributed by atoms with Gasteiger partial charge in [-0.1, -0.05) is 6.92 Å². The summed E-state index contributed by atoms with van der Waals surface area (Å²) in [5, 5.41) is 6.43. The van der Waals surface area contributed by atoms with E-state index in [2.05, 4.69) is 38.6 Å². The molecule has 0 aliphatic rings. The third kappa shape index (κ3) is 3.58. The van der Waals surface area contributed by atoms with Crippen LogP contribution in [0.15, 0.2) is 11.4 Å². The number of thiophene rings is 1. The zero-order valence-corrected chi connectivity index (χ0v) is 13.2. The topological polar surface area (TPSA) is 50.3 Å². The molecule has 0 spiro atoms. The van der Waals surface area contributed by atoms with Crippen LogP contribution in [0.5, 0.6) is 0 Å². The molecule has 1 N–H and O–H groups in total. The molecule has 0 aliphatic carbocycles. The molecule has 0 saturated heterocycles. The quantitative estimate of drug-likeness (QED) is 0.759. The molecule has 6 heteroatoms. The Morgan fingerprint density at radius 1 is 1.35 bits per heavy atom. The van der Waals surface area contributed by atoms with Crippen LogP contribution in [-0.4, -0.2) is 43.3 Å². The average molecular weight is 294 g/mol. The van der Waals surface area contributed by atoms with Gasteiger partial charge >= 0.3 is 0 Å². The van der Waals surface area contributed by atoms with Crippen molar-refractivity contribution >= 4 is 33.3 Å². The fourth-order valence-electron chi connectivity index (χ4n) is 1.90. The third-order valence-corrected chi connectivity index (χ3v) is 3.78. The molecule has 20 heavy (non-hydrogen) atoms. The van der Waals surface area contributed by atoms with Crippen LogP contribution in [-0.2, 0) is 4.74 Å². The van der Waals surface area contributed by atoms with Crippen molar-refractivity contribution in [1.29, 1.82) is 0 Å². The zero-order valence-electron chi connectivity index (χ0n) is 12.3. The van der Waals surface area contributed by atoms with Crippen molar-refractivity contribution in [2.24, 2.45) is 0 Å². The molecule has 0 radical (unpaired) electrons. The molecule has 2 aromatic rings. The van der Waals surface area contributed by atoms with Crippen LogP contribution in [0.2, 0.25) is 0 Å². The summed E-state index contributed by atoms with van der Waals surface area (Å²) in [7, 11) is 2.04. The van der Waals surface area contributed by atoms with E-state index in [0.29, 0.717) is 12.6 Å². The lowest BCUT2D eigenvalue weighted by molar-refractivity contribution is 0.154. The van der Waals surface area contributed by atoms with Crippen LogP contribution in [0.3, 0.4) is 0 Å². The van der Waals surface area contributed by atoms with Crippen molar-refractivity contribution in [3.8, 4) is 0 Å². The minimum absolute atomic E-state index is 0.708. The second kappa shape index (κ2) is 7.40. The first-order valence-corrected chi connectivity index (χ1v) is 7.92. The number of rotatable bonds is 8.